The second kappa shape index (κ2) is 10.6. The number of ether oxygens (including phenoxy) is 1. The molecule has 1 saturated heterocycles. The van der Waals surface area contributed by atoms with E-state index in [1.54, 1.807) is 37.1 Å². The van der Waals surface area contributed by atoms with Crippen molar-refractivity contribution in [3.05, 3.63) is 63.1 Å². The second-order valence-electron chi connectivity index (χ2n) is 7.94. The van der Waals surface area contributed by atoms with E-state index in [-0.39, 0.29) is 47.4 Å². The maximum Gasteiger partial charge on any atom is 0.288 e. The average Bonchev–Trinajstić information content (AvgIpc) is 3.45. The Kier molecular flexibility index (Phi) is 7.87. The maximum atomic E-state index is 13.2. The molecular formula is C22H26ClN3O6. The van der Waals surface area contributed by atoms with Gasteiger partial charge in [-0.05, 0) is 51.0 Å². The van der Waals surface area contributed by atoms with Crippen LogP contribution >= 0.6 is 11.6 Å². The summed E-state index contributed by atoms with van der Waals surface area (Å²) in [5.74, 6) is -0.113. The number of nitrogens with zero attached hydrogens (tertiary/aromatic N) is 3. The lowest BCUT2D eigenvalue weighted by Crippen LogP contribution is -2.47. The van der Waals surface area contributed by atoms with Gasteiger partial charge in [0.25, 0.3) is 11.6 Å². The van der Waals surface area contributed by atoms with E-state index in [0.29, 0.717) is 18.9 Å². The van der Waals surface area contributed by atoms with Crippen LogP contribution in [0, 0.1) is 10.1 Å². The standard InChI is InChI=1S/C22H26ClN3O6/c1-15(2)25(22(28)16-7-8-19(23)20(11-16)26(29)30)14-21(27)24(12-17-5-3-9-31-17)13-18-6-4-10-32-18/h3,5,7-9,11,15,18H,4,6,10,12-14H2,1-2H3. The van der Waals surface area contributed by atoms with E-state index in [1.807, 2.05) is 0 Å². The summed E-state index contributed by atoms with van der Waals surface area (Å²) < 4.78 is 11.1. The fourth-order valence-corrected chi connectivity index (χ4v) is 3.75. The van der Waals surface area contributed by atoms with Crippen LogP contribution in [0.4, 0.5) is 5.69 Å². The number of furan rings is 1. The van der Waals surface area contributed by atoms with E-state index in [0.717, 1.165) is 18.9 Å². The van der Waals surface area contributed by atoms with Crippen LogP contribution in [0.5, 0.6) is 0 Å². The molecule has 0 N–H and O–H groups in total. The molecule has 1 unspecified atom stereocenters. The van der Waals surface area contributed by atoms with Crippen molar-refractivity contribution >= 4 is 29.1 Å². The van der Waals surface area contributed by atoms with Crippen LogP contribution in [0.25, 0.3) is 0 Å². The molecular weight excluding hydrogens is 438 g/mol. The van der Waals surface area contributed by atoms with Crippen LogP contribution in [0.1, 0.15) is 42.8 Å². The van der Waals surface area contributed by atoms with E-state index in [1.165, 1.54) is 17.0 Å². The minimum atomic E-state index is -0.642. The Labute approximate surface area is 191 Å². The van der Waals surface area contributed by atoms with E-state index in [4.69, 9.17) is 20.8 Å². The highest BCUT2D eigenvalue weighted by molar-refractivity contribution is 6.32. The smallest absolute Gasteiger partial charge is 0.288 e. The number of benzene rings is 1. The predicted molar refractivity (Wildman–Crippen MR) is 117 cm³/mol. The van der Waals surface area contributed by atoms with Crippen LogP contribution in [-0.2, 0) is 16.1 Å². The van der Waals surface area contributed by atoms with Crippen molar-refractivity contribution in [1.82, 2.24) is 9.80 Å². The van der Waals surface area contributed by atoms with Crippen LogP contribution < -0.4 is 0 Å². The normalized spacial score (nSPS) is 15.7. The molecule has 9 nitrogen and oxygen atoms in total. The third kappa shape index (κ3) is 5.86. The molecule has 1 atom stereocenters. The van der Waals surface area contributed by atoms with Crippen molar-refractivity contribution in [3.8, 4) is 0 Å². The molecule has 1 aromatic heterocycles. The molecule has 2 heterocycles. The fourth-order valence-electron chi connectivity index (χ4n) is 3.57. The van der Waals surface area contributed by atoms with Gasteiger partial charge in [0.1, 0.15) is 17.3 Å². The van der Waals surface area contributed by atoms with Gasteiger partial charge in [-0.3, -0.25) is 19.7 Å². The lowest BCUT2D eigenvalue weighted by molar-refractivity contribution is -0.384. The van der Waals surface area contributed by atoms with Crippen molar-refractivity contribution in [2.75, 3.05) is 19.7 Å². The summed E-state index contributed by atoms with van der Waals surface area (Å²) in [5, 5.41) is 11.1. The molecule has 172 valence electrons. The summed E-state index contributed by atoms with van der Waals surface area (Å²) in [6.07, 6.45) is 3.29. The fraction of sp³-hybridized carbons (Fsp3) is 0.455. The first-order chi connectivity index (χ1) is 15.3. The number of carbonyl (C=O) groups excluding carboxylic acids is 2. The Morgan fingerprint density at radius 2 is 2.09 bits per heavy atom. The van der Waals surface area contributed by atoms with Gasteiger partial charge in [-0.15, -0.1) is 0 Å². The van der Waals surface area contributed by atoms with E-state index in [9.17, 15) is 19.7 Å². The number of hydrogen-bond donors (Lipinski definition) is 0. The summed E-state index contributed by atoms with van der Waals surface area (Å²) in [5.41, 5.74) is -0.260. The molecule has 1 aliphatic heterocycles. The van der Waals surface area contributed by atoms with E-state index >= 15 is 0 Å². The van der Waals surface area contributed by atoms with Crippen molar-refractivity contribution in [2.24, 2.45) is 0 Å². The first-order valence-corrected chi connectivity index (χ1v) is 10.8. The van der Waals surface area contributed by atoms with Crippen LogP contribution in [0.3, 0.4) is 0 Å². The number of nitro groups is 1. The highest BCUT2D eigenvalue weighted by Crippen LogP contribution is 2.26. The van der Waals surface area contributed by atoms with Gasteiger partial charge in [0.15, 0.2) is 0 Å². The highest BCUT2D eigenvalue weighted by atomic mass is 35.5. The molecule has 32 heavy (non-hydrogen) atoms. The molecule has 0 aliphatic carbocycles. The summed E-state index contributed by atoms with van der Waals surface area (Å²) in [6, 6.07) is 7.10. The van der Waals surface area contributed by atoms with Crippen molar-refractivity contribution in [1.29, 1.82) is 0 Å². The Morgan fingerprint density at radius 3 is 2.69 bits per heavy atom. The molecule has 2 amide bonds. The average molecular weight is 464 g/mol. The molecule has 0 bridgehead atoms. The first kappa shape index (κ1) is 23.7. The number of carbonyl (C=O) groups is 2. The lowest BCUT2D eigenvalue weighted by atomic mass is 10.1. The van der Waals surface area contributed by atoms with Crippen LogP contribution in [-0.4, -0.2) is 58.4 Å². The Hall–Kier alpha value is -2.91. The predicted octanol–water partition coefficient (Wildman–Crippen LogP) is 3.90. The zero-order valence-electron chi connectivity index (χ0n) is 18.0. The third-order valence-electron chi connectivity index (χ3n) is 5.31. The highest BCUT2D eigenvalue weighted by Gasteiger charge is 2.29. The minimum Gasteiger partial charge on any atom is -0.467 e. The molecule has 1 aromatic carbocycles. The molecule has 1 fully saturated rings. The van der Waals surface area contributed by atoms with Gasteiger partial charge < -0.3 is 19.0 Å². The minimum absolute atomic E-state index is 0.0556. The molecule has 3 rings (SSSR count). The maximum absolute atomic E-state index is 13.2. The van der Waals surface area contributed by atoms with Gasteiger partial charge in [-0.2, -0.15) is 0 Å². The molecule has 0 spiro atoms. The Morgan fingerprint density at radius 1 is 1.31 bits per heavy atom. The molecule has 0 saturated carbocycles. The van der Waals surface area contributed by atoms with Gasteiger partial charge in [0.05, 0.1) is 23.8 Å². The number of amides is 2. The molecule has 2 aromatic rings. The lowest BCUT2D eigenvalue weighted by Gasteiger charge is -2.31. The molecule has 10 heteroatoms. The van der Waals surface area contributed by atoms with Crippen LogP contribution in [0.15, 0.2) is 41.0 Å². The number of halogens is 1. The summed E-state index contributed by atoms with van der Waals surface area (Å²) in [4.78, 5) is 40.0. The van der Waals surface area contributed by atoms with E-state index in [2.05, 4.69) is 0 Å². The van der Waals surface area contributed by atoms with Crippen molar-refractivity contribution in [2.45, 2.75) is 45.4 Å². The number of rotatable bonds is 9. The van der Waals surface area contributed by atoms with Gasteiger partial charge in [0, 0.05) is 30.8 Å². The molecule has 0 radical (unpaired) electrons. The largest absolute Gasteiger partial charge is 0.467 e. The summed E-state index contributed by atoms with van der Waals surface area (Å²) >= 11 is 5.86. The van der Waals surface area contributed by atoms with Gasteiger partial charge in [0.2, 0.25) is 5.91 Å². The summed E-state index contributed by atoms with van der Waals surface area (Å²) in [7, 11) is 0. The third-order valence-corrected chi connectivity index (χ3v) is 5.63. The SMILES string of the molecule is CC(C)N(CC(=O)N(Cc1ccco1)CC1CCCO1)C(=O)c1ccc(Cl)c([N+](=O)[O-])c1. The van der Waals surface area contributed by atoms with Gasteiger partial charge in [-0.25, -0.2) is 0 Å². The topological polar surface area (TPSA) is 106 Å². The Bertz CT molecular complexity index is 957. The Balaban J connectivity index is 1.78. The second-order valence-corrected chi connectivity index (χ2v) is 8.35. The summed E-state index contributed by atoms with van der Waals surface area (Å²) in [6.45, 7) is 4.71. The van der Waals surface area contributed by atoms with Crippen molar-refractivity contribution in [3.63, 3.8) is 0 Å². The first-order valence-electron chi connectivity index (χ1n) is 10.4. The molecule has 1 aliphatic rings. The van der Waals surface area contributed by atoms with Gasteiger partial charge >= 0.3 is 0 Å². The quantitative estimate of drug-likeness (QED) is 0.412. The number of nitro benzene ring substituents is 1. The van der Waals surface area contributed by atoms with Crippen LogP contribution in [0.2, 0.25) is 5.02 Å². The monoisotopic (exact) mass is 463 g/mol. The van der Waals surface area contributed by atoms with Gasteiger partial charge in [-0.1, -0.05) is 11.6 Å². The van der Waals surface area contributed by atoms with Crippen molar-refractivity contribution < 1.29 is 23.7 Å². The zero-order valence-corrected chi connectivity index (χ0v) is 18.8. The zero-order chi connectivity index (χ0) is 23.3. The number of hydrogen-bond acceptors (Lipinski definition) is 6. The van der Waals surface area contributed by atoms with E-state index < -0.39 is 10.8 Å².